The molecule has 23 heavy (non-hydrogen) atoms. The normalized spacial score (nSPS) is 13.7. The number of nitrogens with zero attached hydrogens (tertiary/aromatic N) is 3. The highest BCUT2D eigenvalue weighted by Crippen LogP contribution is 2.27. The highest BCUT2D eigenvalue weighted by Gasteiger charge is 2.33. The number of hydrogen-bond donors (Lipinski definition) is 1. The van der Waals surface area contributed by atoms with E-state index in [9.17, 15) is 9.59 Å². The number of rotatable bonds is 7. The number of hydrogen-bond acceptors (Lipinski definition) is 5. The number of benzene rings is 1. The van der Waals surface area contributed by atoms with E-state index >= 15 is 0 Å². The Bertz CT molecular complexity index is 694. The Morgan fingerprint density at radius 1 is 1.22 bits per heavy atom. The fourth-order valence-corrected chi connectivity index (χ4v) is 2.36. The lowest BCUT2D eigenvalue weighted by Crippen LogP contribution is -2.37. The topological polar surface area (TPSA) is 96.5 Å². The summed E-state index contributed by atoms with van der Waals surface area (Å²) < 4.78 is 5.55. The zero-order valence-electron chi connectivity index (χ0n) is 12.5. The van der Waals surface area contributed by atoms with Gasteiger partial charge in [-0.25, -0.2) is 0 Å². The van der Waals surface area contributed by atoms with Crippen molar-refractivity contribution < 1.29 is 19.1 Å². The molecule has 3 rings (SSSR count). The van der Waals surface area contributed by atoms with Gasteiger partial charge < -0.3 is 14.4 Å². The molecule has 1 saturated carbocycles. The second kappa shape index (κ2) is 6.60. The molecule has 1 aromatic heterocycles. The molecule has 1 aliphatic carbocycles. The van der Waals surface area contributed by atoms with E-state index in [1.807, 2.05) is 30.3 Å². The summed E-state index contributed by atoms with van der Waals surface area (Å²) in [6.45, 7) is -0.247. The van der Waals surface area contributed by atoms with Crippen molar-refractivity contribution in [1.82, 2.24) is 15.1 Å². The van der Waals surface area contributed by atoms with Gasteiger partial charge in [-0.3, -0.25) is 9.59 Å². The van der Waals surface area contributed by atoms with Crippen molar-refractivity contribution in [3.8, 4) is 11.5 Å². The third-order valence-corrected chi connectivity index (χ3v) is 3.65. The van der Waals surface area contributed by atoms with E-state index in [0.717, 1.165) is 18.4 Å². The van der Waals surface area contributed by atoms with E-state index in [-0.39, 0.29) is 24.9 Å². The number of carboxylic acid groups (broad SMARTS) is 1. The van der Waals surface area contributed by atoms with E-state index in [1.165, 1.54) is 4.90 Å². The number of aromatic nitrogens is 2. The summed E-state index contributed by atoms with van der Waals surface area (Å²) in [5, 5.41) is 16.8. The molecule has 7 heteroatoms. The molecule has 0 spiro atoms. The standard InChI is InChI=1S/C16H17N3O4/c20-14(19(10-15(21)22)12-6-7-12)9-8-13-17-18-16(23-13)11-4-2-1-3-5-11/h1-5,12H,6-10H2,(H,21,22). The average Bonchev–Trinajstić information content (AvgIpc) is 3.28. The number of carbonyl (C=O) groups is 2. The minimum atomic E-state index is -0.991. The van der Waals surface area contributed by atoms with Crippen LogP contribution in [-0.4, -0.2) is 44.7 Å². The van der Waals surface area contributed by atoms with E-state index < -0.39 is 5.97 Å². The summed E-state index contributed by atoms with van der Waals surface area (Å²) in [5.74, 6) is -0.385. The fourth-order valence-electron chi connectivity index (χ4n) is 2.36. The highest BCUT2D eigenvalue weighted by molar-refractivity contribution is 5.82. The number of amides is 1. The van der Waals surface area contributed by atoms with Gasteiger partial charge in [0.05, 0.1) is 0 Å². The Morgan fingerprint density at radius 3 is 2.61 bits per heavy atom. The molecule has 1 aliphatic rings. The molecule has 1 aromatic carbocycles. The summed E-state index contributed by atoms with van der Waals surface area (Å²) in [5.41, 5.74) is 0.822. The largest absolute Gasteiger partial charge is 0.480 e. The third kappa shape index (κ3) is 3.94. The monoisotopic (exact) mass is 315 g/mol. The van der Waals surface area contributed by atoms with Crippen LogP contribution in [0.1, 0.15) is 25.2 Å². The zero-order chi connectivity index (χ0) is 16.2. The van der Waals surface area contributed by atoms with Gasteiger partial charge in [0.2, 0.25) is 17.7 Å². The molecule has 1 heterocycles. The van der Waals surface area contributed by atoms with Gasteiger partial charge in [0, 0.05) is 24.4 Å². The Balaban J connectivity index is 1.58. The molecule has 1 fully saturated rings. The second-order valence-electron chi connectivity index (χ2n) is 5.51. The molecule has 120 valence electrons. The number of aliphatic carboxylic acids is 1. The van der Waals surface area contributed by atoms with Gasteiger partial charge in [-0.1, -0.05) is 18.2 Å². The van der Waals surface area contributed by atoms with Crippen molar-refractivity contribution in [2.45, 2.75) is 31.7 Å². The van der Waals surface area contributed by atoms with Gasteiger partial charge >= 0.3 is 5.97 Å². The van der Waals surface area contributed by atoms with Gasteiger partial charge in [0.1, 0.15) is 6.54 Å². The molecule has 0 atom stereocenters. The van der Waals surface area contributed by atoms with Crippen LogP contribution in [0.15, 0.2) is 34.7 Å². The molecule has 0 saturated heterocycles. The fraction of sp³-hybridized carbons (Fsp3) is 0.375. The molecule has 1 N–H and O–H groups in total. The molecule has 2 aromatic rings. The minimum Gasteiger partial charge on any atom is -0.480 e. The predicted octanol–water partition coefficient (Wildman–Crippen LogP) is 1.74. The van der Waals surface area contributed by atoms with Crippen LogP contribution >= 0.6 is 0 Å². The first-order valence-electron chi connectivity index (χ1n) is 7.52. The van der Waals surface area contributed by atoms with Crippen LogP contribution in [0.3, 0.4) is 0 Å². The van der Waals surface area contributed by atoms with Gasteiger partial charge in [0.25, 0.3) is 0 Å². The molecular weight excluding hydrogens is 298 g/mol. The first kappa shape index (κ1) is 15.2. The Labute approximate surface area is 132 Å². The van der Waals surface area contributed by atoms with E-state index in [1.54, 1.807) is 0 Å². The molecule has 7 nitrogen and oxygen atoms in total. The number of carboxylic acids is 1. The number of carbonyl (C=O) groups excluding carboxylic acids is 1. The van der Waals surface area contributed by atoms with Gasteiger partial charge in [-0.15, -0.1) is 10.2 Å². The lowest BCUT2D eigenvalue weighted by Gasteiger charge is -2.19. The van der Waals surface area contributed by atoms with Crippen LogP contribution in [0.2, 0.25) is 0 Å². The molecule has 0 aliphatic heterocycles. The van der Waals surface area contributed by atoms with Gasteiger partial charge in [0.15, 0.2) is 0 Å². The first-order valence-corrected chi connectivity index (χ1v) is 7.52. The van der Waals surface area contributed by atoms with E-state index in [0.29, 0.717) is 18.2 Å². The maximum Gasteiger partial charge on any atom is 0.323 e. The number of aryl methyl sites for hydroxylation is 1. The van der Waals surface area contributed by atoms with Crippen molar-refractivity contribution in [2.75, 3.05) is 6.54 Å². The average molecular weight is 315 g/mol. The van der Waals surface area contributed by atoms with Crippen LogP contribution in [0.25, 0.3) is 11.5 Å². The lowest BCUT2D eigenvalue weighted by atomic mass is 10.2. The van der Waals surface area contributed by atoms with Gasteiger partial charge in [-0.05, 0) is 25.0 Å². The second-order valence-corrected chi connectivity index (χ2v) is 5.51. The van der Waals surface area contributed by atoms with Crippen LogP contribution in [0, 0.1) is 0 Å². The predicted molar refractivity (Wildman–Crippen MR) is 80.4 cm³/mol. The molecule has 0 unspecified atom stereocenters. The molecule has 0 radical (unpaired) electrons. The summed E-state index contributed by atoms with van der Waals surface area (Å²) in [7, 11) is 0. The maximum atomic E-state index is 12.2. The molecule has 0 bridgehead atoms. The first-order chi connectivity index (χ1) is 11.1. The van der Waals surface area contributed by atoms with Crippen molar-refractivity contribution in [1.29, 1.82) is 0 Å². The zero-order valence-corrected chi connectivity index (χ0v) is 12.5. The summed E-state index contributed by atoms with van der Waals surface area (Å²) >= 11 is 0. The Kier molecular flexibility index (Phi) is 4.36. The summed E-state index contributed by atoms with van der Waals surface area (Å²) in [6, 6.07) is 9.45. The molecular formula is C16H17N3O4. The van der Waals surface area contributed by atoms with Crippen LogP contribution in [-0.2, 0) is 16.0 Å². The van der Waals surface area contributed by atoms with Crippen molar-refractivity contribution in [3.63, 3.8) is 0 Å². The summed E-state index contributed by atoms with van der Waals surface area (Å²) in [6.07, 6.45) is 2.22. The van der Waals surface area contributed by atoms with E-state index in [4.69, 9.17) is 9.52 Å². The lowest BCUT2D eigenvalue weighted by molar-refractivity contribution is -0.144. The van der Waals surface area contributed by atoms with Crippen molar-refractivity contribution in [2.24, 2.45) is 0 Å². The maximum absolute atomic E-state index is 12.2. The van der Waals surface area contributed by atoms with Crippen LogP contribution < -0.4 is 0 Å². The smallest absolute Gasteiger partial charge is 0.323 e. The summed E-state index contributed by atoms with van der Waals surface area (Å²) in [4.78, 5) is 24.5. The van der Waals surface area contributed by atoms with Crippen LogP contribution in [0.5, 0.6) is 0 Å². The minimum absolute atomic E-state index is 0.0705. The Hall–Kier alpha value is -2.70. The van der Waals surface area contributed by atoms with E-state index in [2.05, 4.69) is 10.2 Å². The molecule has 1 amide bonds. The van der Waals surface area contributed by atoms with Crippen molar-refractivity contribution in [3.05, 3.63) is 36.2 Å². The quantitative estimate of drug-likeness (QED) is 0.836. The SMILES string of the molecule is O=C(O)CN(C(=O)CCc1nnc(-c2ccccc2)o1)C1CC1. The Morgan fingerprint density at radius 2 is 1.96 bits per heavy atom. The van der Waals surface area contributed by atoms with Crippen LogP contribution in [0.4, 0.5) is 0 Å². The highest BCUT2D eigenvalue weighted by atomic mass is 16.4. The third-order valence-electron chi connectivity index (χ3n) is 3.65. The van der Waals surface area contributed by atoms with Crippen molar-refractivity contribution >= 4 is 11.9 Å². The van der Waals surface area contributed by atoms with Gasteiger partial charge in [-0.2, -0.15) is 0 Å².